The van der Waals surface area contributed by atoms with E-state index in [1.54, 1.807) is 24.3 Å². The first-order chi connectivity index (χ1) is 15.9. The Balaban J connectivity index is 2.14. The van der Waals surface area contributed by atoms with Crippen LogP contribution in [0, 0.1) is 10.1 Å². The van der Waals surface area contributed by atoms with Crippen LogP contribution in [0.4, 0.5) is 11.4 Å². The highest BCUT2D eigenvalue weighted by Crippen LogP contribution is 2.38. The van der Waals surface area contributed by atoms with E-state index in [4.69, 9.17) is 15.2 Å². The minimum absolute atomic E-state index is 0.126. The third-order valence-corrected chi connectivity index (χ3v) is 5.53. The number of ether oxygens (including phenoxy) is 2. The Bertz CT molecular complexity index is 912. The van der Waals surface area contributed by atoms with Gasteiger partial charge in [0, 0.05) is 23.4 Å². The van der Waals surface area contributed by atoms with E-state index >= 15 is 0 Å². The highest BCUT2D eigenvalue weighted by Gasteiger charge is 2.21. The summed E-state index contributed by atoms with van der Waals surface area (Å²) in [5.41, 5.74) is 8.12. The molecule has 2 rings (SSSR count). The number of nitrogens with zero attached hydrogens (tertiary/aromatic N) is 1. The summed E-state index contributed by atoms with van der Waals surface area (Å²) in [6, 6.07) is 9.68. The van der Waals surface area contributed by atoms with Crippen molar-refractivity contribution in [3.8, 4) is 16.9 Å². The van der Waals surface area contributed by atoms with Gasteiger partial charge in [-0.2, -0.15) is 0 Å². The van der Waals surface area contributed by atoms with Crippen LogP contribution in [0.5, 0.6) is 5.75 Å². The van der Waals surface area contributed by atoms with Crippen molar-refractivity contribution in [3.63, 3.8) is 0 Å². The summed E-state index contributed by atoms with van der Waals surface area (Å²) in [5.74, 6) is -0.204. The number of unbranched alkanes of at least 4 members (excludes halogenated alkanes) is 5. The lowest BCUT2D eigenvalue weighted by Crippen LogP contribution is -2.13. The van der Waals surface area contributed by atoms with Gasteiger partial charge in [-0.3, -0.25) is 10.1 Å². The van der Waals surface area contributed by atoms with Crippen molar-refractivity contribution in [2.45, 2.75) is 78.2 Å². The lowest BCUT2D eigenvalue weighted by Gasteiger charge is -2.16. The van der Waals surface area contributed by atoms with Crippen molar-refractivity contribution < 1.29 is 19.2 Å². The van der Waals surface area contributed by atoms with Crippen LogP contribution in [-0.4, -0.2) is 23.6 Å². The molecule has 0 aromatic heterocycles. The molecule has 7 heteroatoms. The Labute approximate surface area is 196 Å². The Morgan fingerprint density at radius 1 is 1.03 bits per heavy atom. The first-order valence-corrected chi connectivity index (χ1v) is 11.9. The number of nitro benzene ring substituents is 1. The van der Waals surface area contributed by atoms with E-state index in [1.807, 2.05) is 6.92 Å². The molecular weight excluding hydrogens is 420 g/mol. The van der Waals surface area contributed by atoms with E-state index in [0.29, 0.717) is 29.0 Å². The third-order valence-electron chi connectivity index (χ3n) is 5.53. The summed E-state index contributed by atoms with van der Waals surface area (Å²) in [4.78, 5) is 23.4. The fraction of sp³-hybridized carbons (Fsp3) is 0.500. The topological polar surface area (TPSA) is 105 Å². The largest absolute Gasteiger partial charge is 0.484 e. The molecule has 0 radical (unpaired) electrons. The van der Waals surface area contributed by atoms with Crippen LogP contribution in [-0.2, 0) is 4.74 Å². The molecule has 0 aliphatic rings. The minimum Gasteiger partial charge on any atom is -0.484 e. The lowest BCUT2D eigenvalue weighted by atomic mass is 10.0. The number of nitrogen functional groups attached to an aromatic ring is 1. The zero-order valence-electron chi connectivity index (χ0n) is 20.0. The molecule has 0 bridgehead atoms. The Morgan fingerprint density at radius 2 is 1.70 bits per heavy atom. The molecule has 2 aromatic carbocycles. The van der Waals surface area contributed by atoms with Crippen molar-refractivity contribution in [2.75, 3.05) is 12.3 Å². The average molecular weight is 457 g/mol. The summed E-state index contributed by atoms with van der Waals surface area (Å²) >= 11 is 0. The predicted octanol–water partition coefficient (Wildman–Crippen LogP) is 6.93. The summed E-state index contributed by atoms with van der Waals surface area (Å²) in [6.45, 7) is 6.55. The molecule has 0 fully saturated rings. The van der Waals surface area contributed by atoms with E-state index in [-0.39, 0.29) is 23.5 Å². The van der Waals surface area contributed by atoms with Gasteiger partial charge < -0.3 is 15.2 Å². The Kier molecular flexibility index (Phi) is 10.7. The summed E-state index contributed by atoms with van der Waals surface area (Å²) in [6.07, 6.45) is 8.06. The molecule has 0 unspecified atom stereocenters. The van der Waals surface area contributed by atoms with Crippen molar-refractivity contribution >= 4 is 17.3 Å². The molecule has 2 N–H and O–H groups in total. The van der Waals surface area contributed by atoms with Crippen LogP contribution in [0.2, 0.25) is 0 Å². The van der Waals surface area contributed by atoms with Gasteiger partial charge in [0.05, 0.1) is 23.2 Å². The van der Waals surface area contributed by atoms with E-state index < -0.39 is 4.92 Å². The summed E-state index contributed by atoms with van der Waals surface area (Å²) < 4.78 is 11.2. The molecule has 0 saturated carbocycles. The van der Waals surface area contributed by atoms with Crippen LogP contribution in [0.3, 0.4) is 0 Å². The van der Waals surface area contributed by atoms with Gasteiger partial charge in [-0.1, -0.05) is 58.1 Å². The van der Waals surface area contributed by atoms with Crippen molar-refractivity contribution in [3.05, 3.63) is 52.1 Å². The van der Waals surface area contributed by atoms with Gasteiger partial charge in [0.2, 0.25) is 0 Å². The van der Waals surface area contributed by atoms with Gasteiger partial charge in [0.15, 0.2) is 5.75 Å². The third kappa shape index (κ3) is 8.08. The number of hydrogen-bond donors (Lipinski definition) is 1. The zero-order chi connectivity index (χ0) is 24.2. The Hall–Kier alpha value is -3.09. The normalized spacial score (nSPS) is 11.7. The number of carbonyl (C=O) groups is 1. The lowest BCUT2D eigenvalue weighted by molar-refractivity contribution is -0.386. The number of carbonyl (C=O) groups excluding carboxylic acids is 1. The molecule has 2 aromatic rings. The van der Waals surface area contributed by atoms with E-state index in [1.165, 1.54) is 18.6 Å². The molecule has 0 saturated heterocycles. The zero-order valence-corrected chi connectivity index (χ0v) is 20.0. The van der Waals surface area contributed by atoms with Crippen molar-refractivity contribution in [1.29, 1.82) is 0 Å². The number of nitro groups is 1. The highest BCUT2D eigenvalue weighted by molar-refractivity contribution is 5.90. The van der Waals surface area contributed by atoms with Gasteiger partial charge in [-0.05, 0) is 43.9 Å². The SMILES string of the molecule is CCCCCC[C@H](C)Oc1cc(N)c(-c2ccc(C(=O)OCCCCC)cc2)cc1[N+](=O)[O-]. The fourth-order valence-electron chi connectivity index (χ4n) is 3.59. The second kappa shape index (κ2) is 13.5. The Morgan fingerprint density at radius 3 is 2.33 bits per heavy atom. The molecule has 33 heavy (non-hydrogen) atoms. The van der Waals surface area contributed by atoms with Crippen LogP contribution < -0.4 is 10.5 Å². The smallest absolute Gasteiger partial charge is 0.338 e. The molecule has 0 amide bonds. The maximum atomic E-state index is 12.2. The number of rotatable bonds is 14. The van der Waals surface area contributed by atoms with E-state index in [0.717, 1.165) is 44.9 Å². The second-order valence-electron chi connectivity index (χ2n) is 8.36. The van der Waals surface area contributed by atoms with Gasteiger partial charge >= 0.3 is 11.7 Å². The molecule has 0 heterocycles. The first-order valence-electron chi connectivity index (χ1n) is 11.9. The van der Waals surface area contributed by atoms with Gasteiger partial charge in [0.1, 0.15) is 0 Å². The standard InChI is InChI=1S/C26H36N2O5/c1-4-6-8-9-11-19(3)33-25-18-23(27)22(17-24(25)28(30)31)20-12-14-21(15-13-20)26(29)32-16-10-7-5-2/h12-15,17-19H,4-11,16,27H2,1-3H3/t19-/m0/s1. The van der Waals surface area contributed by atoms with E-state index in [2.05, 4.69) is 13.8 Å². The van der Waals surface area contributed by atoms with Gasteiger partial charge in [0.25, 0.3) is 0 Å². The fourth-order valence-corrected chi connectivity index (χ4v) is 3.59. The number of esters is 1. The molecule has 7 nitrogen and oxygen atoms in total. The first kappa shape index (κ1) is 26.2. The van der Waals surface area contributed by atoms with Gasteiger partial charge in [-0.15, -0.1) is 0 Å². The number of anilines is 1. The van der Waals surface area contributed by atoms with Crippen LogP contribution in [0.15, 0.2) is 36.4 Å². The minimum atomic E-state index is -0.454. The monoisotopic (exact) mass is 456 g/mol. The molecule has 180 valence electrons. The maximum absolute atomic E-state index is 12.2. The molecular formula is C26H36N2O5. The quantitative estimate of drug-likeness (QED) is 0.109. The number of nitrogens with two attached hydrogens (primary N) is 1. The molecule has 0 aliphatic carbocycles. The average Bonchev–Trinajstić information content (AvgIpc) is 2.79. The predicted molar refractivity (Wildman–Crippen MR) is 132 cm³/mol. The molecule has 1 atom stereocenters. The number of benzene rings is 2. The van der Waals surface area contributed by atoms with Gasteiger partial charge in [-0.25, -0.2) is 4.79 Å². The summed E-state index contributed by atoms with van der Waals surface area (Å²) in [5, 5.41) is 11.7. The van der Waals surface area contributed by atoms with Crippen LogP contribution >= 0.6 is 0 Å². The van der Waals surface area contributed by atoms with Crippen LogP contribution in [0.1, 0.15) is 82.5 Å². The van der Waals surface area contributed by atoms with Crippen LogP contribution in [0.25, 0.3) is 11.1 Å². The maximum Gasteiger partial charge on any atom is 0.338 e. The van der Waals surface area contributed by atoms with Crippen molar-refractivity contribution in [1.82, 2.24) is 0 Å². The molecule has 0 aliphatic heterocycles. The summed E-state index contributed by atoms with van der Waals surface area (Å²) in [7, 11) is 0. The van der Waals surface area contributed by atoms with Crippen molar-refractivity contribution in [2.24, 2.45) is 0 Å². The molecule has 0 spiro atoms. The highest BCUT2D eigenvalue weighted by atomic mass is 16.6. The second-order valence-corrected chi connectivity index (χ2v) is 8.36. The number of hydrogen-bond acceptors (Lipinski definition) is 6. The van der Waals surface area contributed by atoms with E-state index in [9.17, 15) is 14.9 Å².